The minimum atomic E-state index is -0.134. The SMILES string of the molecule is CC1(C)c2ccccc2-c2ccc(-n3c4c(c5ccccc53)C=C(c3ccc5c(c3)c3ccccc3n5-c3cccc(-c5nc(-c6ccc(-n7c8ccc(-c9ccc%10c(c9)c9ccccc9n%10-c9ccc%10c(c9)C(C)(C)c9ccccc9-%10)cc8c8cc(-c9ccc%10c(c9)c9ccccc9n%10-c9ccc%10c(c9)C(C)(C)c9ccccc9-%10)ccc87)cc6)c6c(n5)-c5cccc7cccc-6c57)c3)CC4)cc21. The number of nitrogens with zero attached hydrogens (tertiary/aromatic N) is 7. The normalized spacial score (nSPS) is 14.3. The highest BCUT2D eigenvalue weighted by atomic mass is 15.0. The van der Waals surface area contributed by atoms with E-state index in [2.05, 4.69) is 471 Å². The van der Waals surface area contributed by atoms with Gasteiger partial charge in [0.2, 0.25) is 0 Å². The summed E-state index contributed by atoms with van der Waals surface area (Å²) in [4.78, 5) is 11.5. The molecule has 6 aromatic heterocycles. The van der Waals surface area contributed by atoms with Crippen molar-refractivity contribution in [2.45, 2.75) is 70.6 Å². The van der Waals surface area contributed by atoms with Gasteiger partial charge in [-0.3, -0.25) is 0 Å². The Labute approximate surface area is 798 Å². The van der Waals surface area contributed by atoms with Gasteiger partial charge in [0, 0.05) is 127 Å². The van der Waals surface area contributed by atoms with Gasteiger partial charge in [0.25, 0.3) is 0 Å². The molecule has 0 atom stereocenters. The summed E-state index contributed by atoms with van der Waals surface area (Å²) in [7, 11) is 0. The Bertz CT molecular complexity index is 9530. The third kappa shape index (κ3) is 10.7. The van der Waals surface area contributed by atoms with E-state index in [1.807, 2.05) is 0 Å². The molecule has 0 aliphatic heterocycles. The zero-order valence-corrected chi connectivity index (χ0v) is 77.2. The lowest BCUT2D eigenvalue weighted by atomic mass is 9.82. The summed E-state index contributed by atoms with van der Waals surface area (Å²) in [5, 5.41) is 13.4. The van der Waals surface area contributed by atoms with Crippen LogP contribution in [0.25, 0.3) is 250 Å². The lowest BCUT2D eigenvalue weighted by Crippen LogP contribution is -2.15. The third-order valence-electron chi connectivity index (χ3n) is 32.4. The molecule has 19 aromatic carbocycles. The third-order valence-corrected chi connectivity index (χ3v) is 32.4. The smallest absolute Gasteiger partial charge is 0.160 e. The molecule has 138 heavy (non-hydrogen) atoms. The van der Waals surface area contributed by atoms with Crippen LogP contribution in [0, 0.1) is 0 Å². The molecule has 7 nitrogen and oxygen atoms in total. The topological polar surface area (TPSA) is 50.4 Å². The summed E-state index contributed by atoms with van der Waals surface area (Å²) in [5.41, 5.74) is 49.1. The van der Waals surface area contributed by atoms with Gasteiger partial charge in [0.05, 0.1) is 61.0 Å². The van der Waals surface area contributed by atoms with Gasteiger partial charge < -0.3 is 22.8 Å². The molecule has 0 N–H and O–H groups in total. The van der Waals surface area contributed by atoms with Crippen molar-refractivity contribution in [2.75, 3.05) is 0 Å². The van der Waals surface area contributed by atoms with Gasteiger partial charge in [0.15, 0.2) is 5.82 Å². The lowest BCUT2D eigenvalue weighted by Gasteiger charge is -2.23. The molecule has 25 aromatic rings. The molecule has 6 heterocycles. The molecule has 648 valence electrons. The average molecular weight is 1760 g/mol. The highest BCUT2D eigenvalue weighted by molar-refractivity contribution is 6.19. The van der Waals surface area contributed by atoms with Crippen LogP contribution in [0.15, 0.2) is 400 Å². The fourth-order valence-corrected chi connectivity index (χ4v) is 25.8. The van der Waals surface area contributed by atoms with Crippen LogP contribution in [0.2, 0.25) is 0 Å². The molecule has 7 heteroatoms. The second-order valence-corrected chi connectivity index (χ2v) is 40.6. The summed E-state index contributed by atoms with van der Waals surface area (Å²) in [6.45, 7) is 14.3. The van der Waals surface area contributed by atoms with E-state index in [0.29, 0.717) is 5.82 Å². The second-order valence-electron chi connectivity index (χ2n) is 40.6. The van der Waals surface area contributed by atoms with Crippen LogP contribution in [0.4, 0.5) is 0 Å². The summed E-state index contributed by atoms with van der Waals surface area (Å²) < 4.78 is 12.4. The van der Waals surface area contributed by atoms with Crippen LogP contribution in [0.5, 0.6) is 0 Å². The number of fused-ring (bicyclic) bond motifs is 27. The van der Waals surface area contributed by atoms with Crippen molar-refractivity contribution in [3.63, 3.8) is 0 Å². The Morgan fingerprint density at radius 3 is 1.04 bits per heavy atom. The van der Waals surface area contributed by atoms with E-state index >= 15 is 0 Å². The molecule has 0 spiro atoms. The zero-order valence-electron chi connectivity index (χ0n) is 77.2. The average Bonchev–Trinajstić information content (AvgIpc) is 1.57. The molecule has 0 unspecified atom stereocenters. The van der Waals surface area contributed by atoms with Crippen molar-refractivity contribution < 1.29 is 0 Å². The van der Waals surface area contributed by atoms with E-state index in [1.54, 1.807) is 0 Å². The van der Waals surface area contributed by atoms with Gasteiger partial charge in [-0.1, -0.05) is 296 Å². The number of hydrogen-bond acceptors (Lipinski definition) is 2. The first-order valence-electron chi connectivity index (χ1n) is 48.6. The molecule has 0 bridgehead atoms. The Morgan fingerprint density at radius 1 is 0.217 bits per heavy atom. The molecule has 0 amide bonds. The van der Waals surface area contributed by atoms with Gasteiger partial charge >= 0.3 is 0 Å². The molecule has 0 saturated carbocycles. The molecular formula is C131H89N7. The van der Waals surface area contributed by atoms with Crippen molar-refractivity contribution in [3.05, 3.63) is 451 Å². The van der Waals surface area contributed by atoms with Gasteiger partial charge in [0.1, 0.15) is 0 Å². The standard InChI is InChI=1S/C131H89N7/c1-129(2)108-37-14-7-28-90(108)93-57-54-87(73-111(93)129)136-115-41-18-11-32-97(115)103-68-79(47-61-119(103)136)78-46-60-118-102(67-78)96-31-10-17-40-114(96)135(118)86-27-21-26-84(66-86)128-132-126(125-100-35-22-24-76-25-23-36-101(124(76)100)127(125)133-128)77-44-52-85(53-45-77)134-122-64-50-82(80-48-62-120-104(69-80)98-33-12-19-42-116(98)137(120)88-55-58-94-91-29-8-15-38-109(91)130(3,4)112(94)74-88)71-106(122)107-72-83(51-65-123(107)134)81-49-63-121-105(70-81)99-34-13-20-43-117(99)138(121)89-56-59-95-92-30-9-16-39-110(92)131(5,6)113(95)75-89/h7-46,48-60,62-75H,47,61H2,1-6H3. The molecule has 30 rings (SSSR count). The van der Waals surface area contributed by atoms with Crippen LogP contribution in [0.3, 0.4) is 0 Å². The fraction of sp³-hybridized carbons (Fsp3) is 0.0840. The van der Waals surface area contributed by atoms with E-state index in [-0.39, 0.29) is 16.2 Å². The van der Waals surface area contributed by atoms with Crippen molar-refractivity contribution in [2.24, 2.45) is 0 Å². The highest BCUT2D eigenvalue weighted by Gasteiger charge is 2.40. The van der Waals surface area contributed by atoms with E-state index in [1.165, 1.54) is 193 Å². The van der Waals surface area contributed by atoms with Crippen LogP contribution in [-0.2, 0) is 22.7 Å². The Balaban J connectivity index is 0.537. The maximum atomic E-state index is 5.83. The summed E-state index contributed by atoms with van der Waals surface area (Å²) in [5.74, 6) is 0.673. The number of para-hydroxylation sites is 4. The predicted octanol–water partition coefficient (Wildman–Crippen LogP) is 33.7. The van der Waals surface area contributed by atoms with E-state index in [9.17, 15) is 0 Å². The first-order valence-corrected chi connectivity index (χ1v) is 48.6. The lowest BCUT2D eigenvalue weighted by molar-refractivity contribution is 0.659. The van der Waals surface area contributed by atoms with Crippen LogP contribution in [-0.4, -0.2) is 32.8 Å². The van der Waals surface area contributed by atoms with E-state index < -0.39 is 0 Å². The fourth-order valence-electron chi connectivity index (χ4n) is 25.8. The van der Waals surface area contributed by atoms with Gasteiger partial charge in [-0.05, 0) is 281 Å². The molecular weight excluding hydrogens is 1670 g/mol. The number of hydrogen-bond donors (Lipinski definition) is 0. The van der Waals surface area contributed by atoms with E-state index in [0.717, 1.165) is 108 Å². The van der Waals surface area contributed by atoms with Gasteiger partial charge in [-0.25, -0.2) is 9.97 Å². The van der Waals surface area contributed by atoms with E-state index in [4.69, 9.17) is 9.97 Å². The van der Waals surface area contributed by atoms with Crippen molar-refractivity contribution in [1.29, 1.82) is 0 Å². The minimum absolute atomic E-state index is 0.0969. The Hall–Kier alpha value is -17.0. The molecule has 5 aliphatic rings. The monoisotopic (exact) mass is 1760 g/mol. The molecule has 5 aliphatic carbocycles. The van der Waals surface area contributed by atoms with Crippen LogP contribution < -0.4 is 0 Å². The van der Waals surface area contributed by atoms with Crippen molar-refractivity contribution in [3.8, 4) is 129 Å². The summed E-state index contributed by atoms with van der Waals surface area (Å²) in [6, 6.07) is 151. The number of benzene rings is 19. The maximum absolute atomic E-state index is 5.83. The van der Waals surface area contributed by atoms with Crippen molar-refractivity contribution in [1.82, 2.24) is 32.8 Å². The molecule has 0 saturated heterocycles. The summed E-state index contributed by atoms with van der Waals surface area (Å²) >= 11 is 0. The summed E-state index contributed by atoms with van der Waals surface area (Å²) in [6.07, 6.45) is 4.35. The zero-order chi connectivity index (χ0) is 91.2. The largest absolute Gasteiger partial charge is 0.313 e. The predicted molar refractivity (Wildman–Crippen MR) is 575 cm³/mol. The quantitative estimate of drug-likeness (QED) is 0.137. The first kappa shape index (κ1) is 77.4. The maximum Gasteiger partial charge on any atom is 0.160 e. The molecule has 0 fully saturated rings. The number of allylic oxidation sites excluding steroid dienone is 1. The molecule has 0 radical (unpaired) electrons. The minimum Gasteiger partial charge on any atom is -0.313 e. The Morgan fingerprint density at radius 2 is 0.558 bits per heavy atom. The second kappa shape index (κ2) is 28.1. The van der Waals surface area contributed by atoms with Gasteiger partial charge in [-0.2, -0.15) is 0 Å². The van der Waals surface area contributed by atoms with Crippen LogP contribution in [0.1, 0.15) is 98.2 Å². The van der Waals surface area contributed by atoms with Gasteiger partial charge in [-0.15, -0.1) is 0 Å². The van der Waals surface area contributed by atoms with Crippen LogP contribution >= 0.6 is 0 Å². The Kier molecular flexibility index (Phi) is 15.8. The number of rotatable bonds is 10. The first-order chi connectivity index (χ1) is 67.7. The number of aromatic nitrogens is 7. The van der Waals surface area contributed by atoms with Crippen molar-refractivity contribution >= 4 is 121 Å². The highest BCUT2D eigenvalue weighted by Crippen LogP contribution is 2.57.